The Morgan fingerprint density at radius 2 is 1.88 bits per heavy atom. The minimum atomic E-state index is 0.132. The summed E-state index contributed by atoms with van der Waals surface area (Å²) in [4.78, 5) is 21.7. The number of piperidine rings is 1. The van der Waals surface area contributed by atoms with E-state index >= 15 is 0 Å². The molecule has 2 aromatic rings. The SMILES string of the molecule is C[C@H]1CN(C(=O)CN2CCC(c3nc4ccccc4s3)CC2)C[C@H](C)O1. The van der Waals surface area contributed by atoms with Gasteiger partial charge in [-0.1, -0.05) is 12.1 Å². The van der Waals surface area contributed by atoms with Crippen LogP contribution in [-0.4, -0.2) is 65.6 Å². The van der Waals surface area contributed by atoms with Crippen molar-refractivity contribution in [3.8, 4) is 0 Å². The molecule has 2 aliphatic rings. The third kappa shape index (κ3) is 3.92. The molecule has 4 rings (SSSR count). The number of fused-ring (bicyclic) bond motifs is 1. The van der Waals surface area contributed by atoms with E-state index in [9.17, 15) is 4.79 Å². The molecule has 140 valence electrons. The molecule has 0 aliphatic carbocycles. The zero-order valence-electron chi connectivity index (χ0n) is 15.6. The van der Waals surface area contributed by atoms with Crippen LogP contribution >= 0.6 is 11.3 Å². The van der Waals surface area contributed by atoms with Crippen LogP contribution in [0.15, 0.2) is 24.3 Å². The highest BCUT2D eigenvalue weighted by molar-refractivity contribution is 7.18. The van der Waals surface area contributed by atoms with Crippen LogP contribution in [0.25, 0.3) is 10.2 Å². The first-order chi connectivity index (χ1) is 12.6. The first-order valence-corrected chi connectivity index (χ1v) is 10.4. The van der Waals surface area contributed by atoms with E-state index in [1.54, 1.807) is 0 Å². The van der Waals surface area contributed by atoms with E-state index in [-0.39, 0.29) is 18.1 Å². The van der Waals surface area contributed by atoms with Crippen molar-refractivity contribution < 1.29 is 9.53 Å². The van der Waals surface area contributed by atoms with E-state index in [1.165, 1.54) is 9.71 Å². The number of carbonyl (C=O) groups is 1. The van der Waals surface area contributed by atoms with Gasteiger partial charge in [0.1, 0.15) is 0 Å². The molecule has 2 saturated heterocycles. The Bertz CT molecular complexity index is 726. The normalized spacial score (nSPS) is 25.7. The number of aromatic nitrogens is 1. The van der Waals surface area contributed by atoms with E-state index in [0.717, 1.165) is 31.4 Å². The molecule has 5 nitrogen and oxygen atoms in total. The van der Waals surface area contributed by atoms with Gasteiger partial charge in [-0.25, -0.2) is 4.98 Å². The van der Waals surface area contributed by atoms with Crippen molar-refractivity contribution in [1.82, 2.24) is 14.8 Å². The van der Waals surface area contributed by atoms with Crippen LogP contribution in [0.4, 0.5) is 0 Å². The Balaban J connectivity index is 1.31. The van der Waals surface area contributed by atoms with Crippen molar-refractivity contribution >= 4 is 27.5 Å². The number of thiazole rings is 1. The monoisotopic (exact) mass is 373 g/mol. The van der Waals surface area contributed by atoms with Crippen molar-refractivity contribution in [2.45, 2.75) is 44.8 Å². The van der Waals surface area contributed by atoms with Gasteiger partial charge in [0.05, 0.1) is 34.0 Å². The standard InChI is InChI=1S/C20H27N3O2S/c1-14-11-23(12-15(2)25-14)19(24)13-22-9-7-16(8-10-22)20-21-17-5-3-4-6-18(17)26-20/h3-6,14-16H,7-13H2,1-2H3/t14-,15-/m0/s1. The topological polar surface area (TPSA) is 45.7 Å². The van der Waals surface area contributed by atoms with Crippen LogP contribution in [0.2, 0.25) is 0 Å². The van der Waals surface area contributed by atoms with Crippen molar-refractivity contribution in [2.24, 2.45) is 0 Å². The molecule has 2 fully saturated rings. The van der Waals surface area contributed by atoms with Crippen molar-refractivity contribution in [2.75, 3.05) is 32.7 Å². The fraction of sp³-hybridized carbons (Fsp3) is 0.600. The summed E-state index contributed by atoms with van der Waals surface area (Å²) in [6, 6.07) is 8.36. The number of likely N-dealkylation sites (tertiary alicyclic amines) is 1. The zero-order chi connectivity index (χ0) is 18.1. The van der Waals surface area contributed by atoms with Crippen LogP contribution in [-0.2, 0) is 9.53 Å². The Morgan fingerprint density at radius 3 is 2.58 bits per heavy atom. The van der Waals surface area contributed by atoms with Gasteiger partial charge in [-0.2, -0.15) is 0 Å². The molecule has 1 aromatic heterocycles. The summed E-state index contributed by atoms with van der Waals surface area (Å²) >= 11 is 1.82. The summed E-state index contributed by atoms with van der Waals surface area (Å²) < 4.78 is 7.00. The fourth-order valence-corrected chi connectivity index (χ4v) is 5.21. The molecule has 0 spiro atoms. The number of hydrogen-bond donors (Lipinski definition) is 0. The summed E-state index contributed by atoms with van der Waals surface area (Å²) in [7, 11) is 0. The first-order valence-electron chi connectivity index (χ1n) is 9.59. The summed E-state index contributed by atoms with van der Waals surface area (Å²) in [5.74, 6) is 0.771. The summed E-state index contributed by atoms with van der Waals surface area (Å²) in [6.07, 6.45) is 2.44. The average molecular weight is 374 g/mol. The van der Waals surface area contributed by atoms with E-state index in [2.05, 4.69) is 23.1 Å². The summed E-state index contributed by atoms with van der Waals surface area (Å²) in [5, 5.41) is 1.26. The lowest BCUT2D eigenvalue weighted by Crippen LogP contribution is -2.51. The van der Waals surface area contributed by atoms with Crippen LogP contribution in [0.5, 0.6) is 0 Å². The molecular weight excluding hydrogens is 346 g/mol. The molecule has 1 amide bonds. The highest BCUT2D eigenvalue weighted by atomic mass is 32.1. The lowest BCUT2D eigenvalue weighted by Gasteiger charge is -2.37. The van der Waals surface area contributed by atoms with E-state index in [4.69, 9.17) is 9.72 Å². The number of benzene rings is 1. The molecule has 2 atom stereocenters. The maximum Gasteiger partial charge on any atom is 0.236 e. The minimum absolute atomic E-state index is 0.132. The number of hydrogen-bond acceptors (Lipinski definition) is 5. The smallest absolute Gasteiger partial charge is 0.236 e. The fourth-order valence-electron chi connectivity index (χ4n) is 4.08. The van der Waals surface area contributed by atoms with Gasteiger partial charge < -0.3 is 9.64 Å². The molecule has 0 bridgehead atoms. The van der Waals surface area contributed by atoms with Gasteiger partial charge in [0, 0.05) is 19.0 Å². The van der Waals surface area contributed by atoms with Crippen molar-refractivity contribution in [1.29, 1.82) is 0 Å². The predicted octanol–water partition coefficient (Wildman–Crippen LogP) is 3.11. The maximum atomic E-state index is 12.6. The van der Waals surface area contributed by atoms with Crippen LogP contribution in [0.3, 0.4) is 0 Å². The van der Waals surface area contributed by atoms with E-state index in [0.29, 0.717) is 25.6 Å². The summed E-state index contributed by atoms with van der Waals surface area (Å²) in [6.45, 7) is 7.99. The van der Waals surface area contributed by atoms with Gasteiger partial charge in [0.15, 0.2) is 0 Å². The van der Waals surface area contributed by atoms with Crippen LogP contribution in [0, 0.1) is 0 Å². The number of rotatable bonds is 3. The summed E-state index contributed by atoms with van der Waals surface area (Å²) in [5.41, 5.74) is 1.11. The molecule has 0 radical (unpaired) electrons. The second kappa shape index (κ2) is 7.62. The molecule has 1 aromatic carbocycles. The maximum absolute atomic E-state index is 12.6. The molecular formula is C20H27N3O2S. The molecule has 0 N–H and O–H groups in total. The number of para-hydroxylation sites is 1. The molecule has 2 aliphatic heterocycles. The number of ether oxygens (including phenoxy) is 1. The third-order valence-corrected chi connectivity index (χ3v) is 6.58. The van der Waals surface area contributed by atoms with E-state index in [1.807, 2.05) is 36.2 Å². The Kier molecular flexibility index (Phi) is 5.25. The van der Waals surface area contributed by atoms with Gasteiger partial charge in [-0.15, -0.1) is 11.3 Å². The lowest BCUT2D eigenvalue weighted by atomic mass is 9.97. The third-order valence-electron chi connectivity index (χ3n) is 5.38. The van der Waals surface area contributed by atoms with Crippen LogP contribution in [0.1, 0.15) is 37.6 Å². The van der Waals surface area contributed by atoms with Gasteiger partial charge >= 0.3 is 0 Å². The number of morpholine rings is 1. The second-order valence-corrected chi connectivity index (χ2v) is 8.69. The quantitative estimate of drug-likeness (QED) is 0.829. The molecule has 26 heavy (non-hydrogen) atoms. The van der Waals surface area contributed by atoms with Gasteiger partial charge in [0.2, 0.25) is 5.91 Å². The first kappa shape index (κ1) is 17.9. The molecule has 3 heterocycles. The minimum Gasteiger partial charge on any atom is -0.372 e. The average Bonchev–Trinajstić information content (AvgIpc) is 3.05. The zero-order valence-corrected chi connectivity index (χ0v) is 16.4. The number of nitrogens with zero attached hydrogens (tertiary/aromatic N) is 3. The van der Waals surface area contributed by atoms with Crippen molar-refractivity contribution in [3.05, 3.63) is 29.3 Å². The van der Waals surface area contributed by atoms with Gasteiger partial charge in [-0.3, -0.25) is 9.69 Å². The second-order valence-electron chi connectivity index (χ2n) is 7.63. The Morgan fingerprint density at radius 1 is 1.19 bits per heavy atom. The van der Waals surface area contributed by atoms with Gasteiger partial charge in [-0.05, 0) is 51.9 Å². The predicted molar refractivity (Wildman–Crippen MR) is 105 cm³/mol. The van der Waals surface area contributed by atoms with Crippen molar-refractivity contribution in [3.63, 3.8) is 0 Å². The Labute approximate surface area is 159 Å². The number of carbonyl (C=O) groups excluding carboxylic acids is 1. The highest BCUT2D eigenvalue weighted by Gasteiger charge is 2.29. The highest BCUT2D eigenvalue weighted by Crippen LogP contribution is 2.33. The van der Waals surface area contributed by atoms with E-state index < -0.39 is 0 Å². The Hall–Kier alpha value is -1.50. The number of amides is 1. The largest absolute Gasteiger partial charge is 0.372 e. The van der Waals surface area contributed by atoms with Crippen LogP contribution < -0.4 is 0 Å². The molecule has 0 unspecified atom stereocenters. The molecule has 0 saturated carbocycles. The molecule has 6 heteroatoms. The van der Waals surface area contributed by atoms with Gasteiger partial charge in [0.25, 0.3) is 0 Å². The lowest BCUT2D eigenvalue weighted by molar-refractivity contribution is -0.144.